The molecule has 2 aromatic carbocycles. The van der Waals surface area contributed by atoms with E-state index in [1.54, 1.807) is 29.5 Å². The summed E-state index contributed by atoms with van der Waals surface area (Å²) in [4.78, 5) is 17.9. The maximum atomic E-state index is 12.4. The van der Waals surface area contributed by atoms with Gasteiger partial charge < -0.3 is 19.5 Å². The SMILES string of the molecule is O=C(COc1ccc2c(c1)OCO2)Nc1ccccc1-c1cn2ccsc2n1. The minimum absolute atomic E-state index is 0.119. The molecule has 0 aliphatic carbocycles. The van der Waals surface area contributed by atoms with Crippen LogP contribution in [0.4, 0.5) is 5.69 Å². The second kappa shape index (κ2) is 6.90. The Bertz CT molecular complexity index is 1140. The van der Waals surface area contributed by atoms with Crippen LogP contribution in [0.2, 0.25) is 0 Å². The number of hydrogen-bond acceptors (Lipinski definition) is 6. The number of hydrogen-bond donors (Lipinski definition) is 1. The molecule has 5 rings (SSSR count). The fourth-order valence-corrected chi connectivity index (χ4v) is 3.67. The van der Waals surface area contributed by atoms with Gasteiger partial charge in [-0.2, -0.15) is 0 Å². The smallest absolute Gasteiger partial charge is 0.262 e. The number of carbonyl (C=O) groups is 1. The Labute approximate surface area is 164 Å². The zero-order valence-electron chi connectivity index (χ0n) is 14.6. The highest BCUT2D eigenvalue weighted by molar-refractivity contribution is 7.15. The third-order valence-corrected chi connectivity index (χ3v) is 5.06. The average Bonchev–Trinajstić information content (AvgIpc) is 3.42. The number of aromatic nitrogens is 2. The first-order valence-corrected chi connectivity index (χ1v) is 9.48. The van der Waals surface area contributed by atoms with Gasteiger partial charge in [-0.3, -0.25) is 9.20 Å². The van der Waals surface area contributed by atoms with Crippen LogP contribution in [0, 0.1) is 0 Å². The minimum atomic E-state index is -0.258. The molecule has 7 nitrogen and oxygen atoms in total. The fourth-order valence-electron chi connectivity index (χ4n) is 2.97. The van der Waals surface area contributed by atoms with Gasteiger partial charge in [-0.25, -0.2) is 4.98 Å². The highest BCUT2D eigenvalue weighted by Gasteiger charge is 2.15. The molecule has 1 aliphatic heterocycles. The van der Waals surface area contributed by atoms with Crippen LogP contribution >= 0.6 is 11.3 Å². The van der Waals surface area contributed by atoms with Crippen LogP contribution in [-0.4, -0.2) is 28.7 Å². The van der Waals surface area contributed by atoms with E-state index in [2.05, 4.69) is 10.3 Å². The number of carbonyl (C=O) groups excluding carboxylic acids is 1. The number of para-hydroxylation sites is 1. The third-order valence-electron chi connectivity index (χ3n) is 4.28. The first-order chi connectivity index (χ1) is 13.8. The zero-order valence-corrected chi connectivity index (χ0v) is 15.4. The molecule has 28 heavy (non-hydrogen) atoms. The monoisotopic (exact) mass is 393 g/mol. The Morgan fingerprint density at radius 3 is 3.04 bits per heavy atom. The van der Waals surface area contributed by atoms with E-state index in [0.29, 0.717) is 22.9 Å². The lowest BCUT2D eigenvalue weighted by Gasteiger charge is -2.11. The van der Waals surface area contributed by atoms with Crippen molar-refractivity contribution >= 4 is 27.9 Å². The number of anilines is 1. The molecule has 0 bridgehead atoms. The first kappa shape index (κ1) is 16.6. The van der Waals surface area contributed by atoms with Gasteiger partial charge in [0, 0.05) is 29.4 Å². The molecule has 2 aromatic heterocycles. The number of amides is 1. The summed E-state index contributed by atoms with van der Waals surface area (Å²) in [6.45, 7) is 0.0775. The number of nitrogens with one attached hydrogen (secondary N) is 1. The Hall–Kier alpha value is -3.52. The predicted molar refractivity (Wildman–Crippen MR) is 105 cm³/mol. The number of ether oxygens (including phenoxy) is 3. The Morgan fingerprint density at radius 1 is 1.21 bits per heavy atom. The summed E-state index contributed by atoms with van der Waals surface area (Å²) in [6.07, 6.45) is 3.90. The van der Waals surface area contributed by atoms with Crippen molar-refractivity contribution in [3.63, 3.8) is 0 Å². The van der Waals surface area contributed by atoms with Gasteiger partial charge in [0.25, 0.3) is 5.91 Å². The normalized spacial score (nSPS) is 12.3. The van der Waals surface area contributed by atoms with Crippen molar-refractivity contribution in [3.8, 4) is 28.5 Å². The maximum Gasteiger partial charge on any atom is 0.262 e. The second-order valence-corrected chi connectivity index (χ2v) is 6.99. The molecule has 0 fully saturated rings. The molecule has 140 valence electrons. The number of imidazole rings is 1. The fraction of sp³-hybridized carbons (Fsp3) is 0.100. The molecule has 3 heterocycles. The van der Waals surface area contributed by atoms with Crippen molar-refractivity contribution in [1.82, 2.24) is 9.38 Å². The summed E-state index contributed by atoms with van der Waals surface area (Å²) >= 11 is 1.56. The number of fused-ring (bicyclic) bond motifs is 2. The van der Waals surface area contributed by atoms with E-state index >= 15 is 0 Å². The van der Waals surface area contributed by atoms with Crippen molar-refractivity contribution in [3.05, 3.63) is 60.2 Å². The van der Waals surface area contributed by atoms with Gasteiger partial charge in [0.15, 0.2) is 23.1 Å². The molecule has 0 saturated carbocycles. The molecule has 0 spiro atoms. The summed E-state index contributed by atoms with van der Waals surface area (Å²) in [5.41, 5.74) is 2.35. The van der Waals surface area contributed by atoms with Crippen LogP contribution < -0.4 is 19.5 Å². The van der Waals surface area contributed by atoms with Gasteiger partial charge in [-0.05, 0) is 18.2 Å². The van der Waals surface area contributed by atoms with Crippen LogP contribution in [0.1, 0.15) is 0 Å². The van der Waals surface area contributed by atoms with Gasteiger partial charge in [-0.15, -0.1) is 11.3 Å². The van der Waals surface area contributed by atoms with Crippen LogP contribution in [-0.2, 0) is 4.79 Å². The van der Waals surface area contributed by atoms with Gasteiger partial charge in [-0.1, -0.05) is 18.2 Å². The molecular weight excluding hydrogens is 378 g/mol. The van der Waals surface area contributed by atoms with Crippen molar-refractivity contribution < 1.29 is 19.0 Å². The van der Waals surface area contributed by atoms with E-state index in [0.717, 1.165) is 16.2 Å². The highest BCUT2D eigenvalue weighted by atomic mass is 32.1. The quantitative estimate of drug-likeness (QED) is 0.558. The molecule has 1 amide bonds. The van der Waals surface area contributed by atoms with Crippen LogP contribution in [0.25, 0.3) is 16.2 Å². The number of thiazole rings is 1. The summed E-state index contributed by atoms with van der Waals surface area (Å²) in [5.74, 6) is 1.57. The van der Waals surface area contributed by atoms with E-state index in [9.17, 15) is 4.79 Å². The van der Waals surface area contributed by atoms with Crippen LogP contribution in [0.5, 0.6) is 17.2 Å². The molecule has 8 heteroatoms. The topological polar surface area (TPSA) is 74.1 Å². The first-order valence-electron chi connectivity index (χ1n) is 8.60. The largest absolute Gasteiger partial charge is 0.484 e. The second-order valence-electron chi connectivity index (χ2n) is 6.12. The Balaban J connectivity index is 1.29. The third kappa shape index (κ3) is 3.14. The van der Waals surface area contributed by atoms with E-state index < -0.39 is 0 Å². The molecule has 0 saturated heterocycles. The molecule has 0 radical (unpaired) electrons. The Morgan fingerprint density at radius 2 is 2.11 bits per heavy atom. The van der Waals surface area contributed by atoms with Crippen molar-refractivity contribution in [1.29, 1.82) is 0 Å². The van der Waals surface area contributed by atoms with Gasteiger partial charge in [0.1, 0.15) is 5.75 Å². The van der Waals surface area contributed by atoms with E-state index in [1.165, 1.54) is 0 Å². The molecule has 1 N–H and O–H groups in total. The van der Waals surface area contributed by atoms with Crippen molar-refractivity contribution in [2.24, 2.45) is 0 Å². The van der Waals surface area contributed by atoms with E-state index in [4.69, 9.17) is 14.2 Å². The Kier molecular flexibility index (Phi) is 4.10. The summed E-state index contributed by atoms with van der Waals surface area (Å²) < 4.78 is 18.1. The highest BCUT2D eigenvalue weighted by Crippen LogP contribution is 2.35. The number of rotatable bonds is 5. The number of benzene rings is 2. The minimum Gasteiger partial charge on any atom is -0.484 e. The van der Waals surface area contributed by atoms with Gasteiger partial charge in [0.05, 0.1) is 11.4 Å². The summed E-state index contributed by atoms with van der Waals surface area (Å²) in [6, 6.07) is 12.8. The maximum absolute atomic E-state index is 12.4. The average molecular weight is 393 g/mol. The zero-order chi connectivity index (χ0) is 18.9. The van der Waals surface area contributed by atoms with Crippen molar-refractivity contribution in [2.45, 2.75) is 0 Å². The van der Waals surface area contributed by atoms with Crippen LogP contribution in [0.15, 0.2) is 60.2 Å². The van der Waals surface area contributed by atoms with Crippen LogP contribution in [0.3, 0.4) is 0 Å². The number of nitrogens with zero attached hydrogens (tertiary/aromatic N) is 2. The molecular formula is C20H15N3O4S. The lowest BCUT2D eigenvalue weighted by molar-refractivity contribution is -0.118. The lowest BCUT2D eigenvalue weighted by Crippen LogP contribution is -2.20. The summed E-state index contributed by atoms with van der Waals surface area (Å²) in [7, 11) is 0. The lowest BCUT2D eigenvalue weighted by atomic mass is 10.1. The van der Waals surface area contributed by atoms with Crippen molar-refractivity contribution in [2.75, 3.05) is 18.7 Å². The molecule has 1 aliphatic rings. The van der Waals surface area contributed by atoms with E-state index in [1.807, 2.05) is 46.4 Å². The molecule has 0 unspecified atom stereocenters. The standard InChI is InChI=1S/C20H15N3O4S/c24-19(11-25-13-5-6-17-18(9-13)27-12-26-17)21-15-4-2-1-3-14(15)16-10-23-7-8-28-20(23)22-16/h1-10H,11-12H2,(H,21,24). The van der Waals surface area contributed by atoms with Gasteiger partial charge >= 0.3 is 0 Å². The molecule has 4 aromatic rings. The summed E-state index contributed by atoms with van der Waals surface area (Å²) in [5, 5.41) is 4.88. The van der Waals surface area contributed by atoms with E-state index in [-0.39, 0.29) is 19.3 Å². The predicted octanol–water partition coefficient (Wildman–Crippen LogP) is 3.81. The molecule has 0 atom stereocenters. The van der Waals surface area contributed by atoms with Gasteiger partial charge in [0.2, 0.25) is 6.79 Å².